The van der Waals surface area contributed by atoms with Gasteiger partial charge in [0.15, 0.2) is 0 Å². The third kappa shape index (κ3) is 2.50. The predicted molar refractivity (Wildman–Crippen MR) is 71.8 cm³/mol. The van der Waals surface area contributed by atoms with Crippen molar-refractivity contribution < 1.29 is 9.90 Å². The van der Waals surface area contributed by atoms with E-state index in [9.17, 15) is 4.79 Å². The molecule has 0 saturated heterocycles. The summed E-state index contributed by atoms with van der Waals surface area (Å²) in [5.41, 5.74) is 2.54. The maximum absolute atomic E-state index is 11.0. The fraction of sp³-hybridized carbons (Fsp3) is 0.333. The molecule has 1 aromatic carbocycles. The van der Waals surface area contributed by atoms with Gasteiger partial charge < -0.3 is 5.11 Å². The Bertz CT molecular complexity index is 597. The molecule has 0 aliphatic heterocycles. The van der Waals surface area contributed by atoms with Crippen LogP contribution in [-0.4, -0.2) is 16.1 Å². The van der Waals surface area contributed by atoms with Gasteiger partial charge in [-0.25, -0.2) is 0 Å². The highest BCUT2D eigenvalue weighted by Gasteiger charge is 2.18. The third-order valence-corrected chi connectivity index (χ3v) is 2.91. The van der Waals surface area contributed by atoms with Gasteiger partial charge in [-0.05, 0) is 17.7 Å². The second kappa shape index (κ2) is 4.41. The summed E-state index contributed by atoms with van der Waals surface area (Å²) in [7, 11) is 0. The number of rotatable bonds is 2. The average Bonchev–Trinajstić information content (AvgIpc) is 2.27. The standard InChI is InChI=1S/C15H17NO2/c1-15(2,3)13-8-10(9-14(17)18)11-6-4-5-7-12(11)16-13/h4-8H,9H2,1-3H3,(H,17,18). The third-order valence-electron chi connectivity index (χ3n) is 2.91. The molecule has 0 aliphatic rings. The average molecular weight is 243 g/mol. The lowest BCUT2D eigenvalue weighted by Gasteiger charge is -2.19. The second-order valence-electron chi connectivity index (χ2n) is 5.50. The fourth-order valence-corrected chi connectivity index (χ4v) is 1.94. The Morgan fingerprint density at radius 1 is 1.28 bits per heavy atom. The van der Waals surface area contributed by atoms with E-state index in [0.717, 1.165) is 22.2 Å². The first kappa shape index (κ1) is 12.6. The van der Waals surface area contributed by atoms with Crippen LogP contribution < -0.4 is 0 Å². The molecule has 2 rings (SSSR count). The van der Waals surface area contributed by atoms with Gasteiger partial charge >= 0.3 is 5.97 Å². The molecule has 3 heteroatoms. The maximum atomic E-state index is 11.0. The second-order valence-corrected chi connectivity index (χ2v) is 5.50. The van der Waals surface area contributed by atoms with E-state index in [1.165, 1.54) is 0 Å². The molecule has 2 aromatic rings. The molecule has 1 N–H and O–H groups in total. The van der Waals surface area contributed by atoms with Gasteiger partial charge in [0.1, 0.15) is 0 Å². The highest BCUT2D eigenvalue weighted by molar-refractivity contribution is 5.86. The summed E-state index contributed by atoms with van der Waals surface area (Å²) in [6.45, 7) is 6.23. The number of aromatic nitrogens is 1. The van der Waals surface area contributed by atoms with Crippen molar-refractivity contribution in [3.63, 3.8) is 0 Å². The smallest absolute Gasteiger partial charge is 0.307 e. The highest BCUT2D eigenvalue weighted by atomic mass is 16.4. The van der Waals surface area contributed by atoms with Crippen molar-refractivity contribution in [2.75, 3.05) is 0 Å². The van der Waals surface area contributed by atoms with Crippen LogP contribution in [0.3, 0.4) is 0 Å². The molecule has 0 bridgehead atoms. The van der Waals surface area contributed by atoms with Crippen LogP contribution in [0, 0.1) is 0 Å². The van der Waals surface area contributed by atoms with Gasteiger partial charge in [0.25, 0.3) is 0 Å². The Labute approximate surface area is 106 Å². The van der Waals surface area contributed by atoms with Crippen molar-refractivity contribution >= 4 is 16.9 Å². The Balaban J connectivity index is 2.68. The molecule has 0 atom stereocenters. The molecule has 3 nitrogen and oxygen atoms in total. The van der Waals surface area contributed by atoms with Crippen LogP contribution in [0.4, 0.5) is 0 Å². The van der Waals surface area contributed by atoms with E-state index in [2.05, 4.69) is 25.8 Å². The highest BCUT2D eigenvalue weighted by Crippen LogP contribution is 2.26. The lowest BCUT2D eigenvalue weighted by atomic mass is 9.89. The van der Waals surface area contributed by atoms with Crippen molar-refractivity contribution in [1.29, 1.82) is 0 Å². The lowest BCUT2D eigenvalue weighted by Crippen LogP contribution is -2.15. The molecule has 0 fully saturated rings. The number of hydrogen-bond acceptors (Lipinski definition) is 2. The lowest BCUT2D eigenvalue weighted by molar-refractivity contribution is -0.136. The quantitative estimate of drug-likeness (QED) is 0.881. The van der Waals surface area contributed by atoms with Gasteiger partial charge in [0, 0.05) is 16.5 Å². The van der Waals surface area contributed by atoms with Crippen molar-refractivity contribution in [3.8, 4) is 0 Å². The van der Waals surface area contributed by atoms with E-state index in [-0.39, 0.29) is 11.8 Å². The SMILES string of the molecule is CC(C)(C)c1cc(CC(=O)O)c2ccccc2n1. The van der Waals surface area contributed by atoms with Crippen LogP contribution in [0.15, 0.2) is 30.3 Å². The Morgan fingerprint density at radius 3 is 2.56 bits per heavy atom. The van der Waals surface area contributed by atoms with Gasteiger partial charge in [-0.15, -0.1) is 0 Å². The van der Waals surface area contributed by atoms with Gasteiger partial charge in [0.2, 0.25) is 0 Å². The number of fused-ring (bicyclic) bond motifs is 1. The summed E-state index contributed by atoms with van der Waals surface area (Å²) < 4.78 is 0. The fourth-order valence-electron chi connectivity index (χ4n) is 1.94. The van der Waals surface area contributed by atoms with E-state index >= 15 is 0 Å². The molecule has 0 radical (unpaired) electrons. The molecule has 0 unspecified atom stereocenters. The number of carbonyl (C=O) groups is 1. The molecule has 0 saturated carbocycles. The molecular weight excluding hydrogens is 226 g/mol. The van der Waals surface area contributed by atoms with E-state index in [1.54, 1.807) is 0 Å². The van der Waals surface area contributed by atoms with Crippen LogP contribution >= 0.6 is 0 Å². The summed E-state index contributed by atoms with van der Waals surface area (Å²) >= 11 is 0. The van der Waals surface area contributed by atoms with E-state index < -0.39 is 5.97 Å². The van der Waals surface area contributed by atoms with Crippen LogP contribution in [0.5, 0.6) is 0 Å². The number of para-hydroxylation sites is 1. The van der Waals surface area contributed by atoms with Gasteiger partial charge in [-0.1, -0.05) is 39.0 Å². The van der Waals surface area contributed by atoms with Crippen LogP contribution in [0.1, 0.15) is 32.0 Å². The molecule has 0 spiro atoms. The van der Waals surface area contributed by atoms with Crippen LogP contribution in [-0.2, 0) is 16.6 Å². The molecule has 1 aromatic heterocycles. The number of carboxylic acids is 1. The van der Waals surface area contributed by atoms with Crippen LogP contribution in [0.2, 0.25) is 0 Å². The van der Waals surface area contributed by atoms with Crippen molar-refractivity contribution in [1.82, 2.24) is 4.98 Å². The molecule has 1 heterocycles. The van der Waals surface area contributed by atoms with E-state index in [4.69, 9.17) is 5.11 Å². The number of carboxylic acid groups (broad SMARTS) is 1. The summed E-state index contributed by atoms with van der Waals surface area (Å²) in [5, 5.41) is 9.92. The molecular formula is C15H17NO2. The van der Waals surface area contributed by atoms with Gasteiger partial charge in [-0.2, -0.15) is 0 Å². The van der Waals surface area contributed by atoms with Crippen molar-refractivity contribution in [3.05, 3.63) is 41.6 Å². The molecule has 18 heavy (non-hydrogen) atoms. The van der Waals surface area contributed by atoms with Crippen LogP contribution in [0.25, 0.3) is 10.9 Å². The predicted octanol–water partition coefficient (Wildman–Crippen LogP) is 3.16. The van der Waals surface area contributed by atoms with E-state index in [1.807, 2.05) is 30.3 Å². The largest absolute Gasteiger partial charge is 0.481 e. The Hall–Kier alpha value is -1.90. The summed E-state index contributed by atoms with van der Waals surface area (Å²) in [6.07, 6.45) is 0.0338. The molecule has 0 aliphatic carbocycles. The first-order valence-electron chi connectivity index (χ1n) is 5.99. The monoisotopic (exact) mass is 243 g/mol. The first-order valence-corrected chi connectivity index (χ1v) is 5.99. The number of benzene rings is 1. The number of nitrogens with zero attached hydrogens (tertiary/aromatic N) is 1. The maximum Gasteiger partial charge on any atom is 0.307 e. The zero-order valence-corrected chi connectivity index (χ0v) is 10.9. The zero-order valence-electron chi connectivity index (χ0n) is 10.9. The first-order chi connectivity index (χ1) is 8.38. The summed E-state index contributed by atoms with van der Waals surface area (Å²) in [4.78, 5) is 15.6. The summed E-state index contributed by atoms with van der Waals surface area (Å²) in [6, 6.07) is 9.60. The minimum absolute atomic E-state index is 0.0338. The normalized spacial score (nSPS) is 11.7. The van der Waals surface area contributed by atoms with Crippen molar-refractivity contribution in [2.24, 2.45) is 0 Å². The molecule has 0 amide bonds. The molecule has 94 valence electrons. The Morgan fingerprint density at radius 2 is 1.94 bits per heavy atom. The zero-order chi connectivity index (χ0) is 13.3. The number of aliphatic carboxylic acids is 1. The number of hydrogen-bond donors (Lipinski definition) is 1. The van der Waals surface area contributed by atoms with Gasteiger partial charge in [0.05, 0.1) is 11.9 Å². The summed E-state index contributed by atoms with van der Waals surface area (Å²) in [5.74, 6) is -0.814. The van der Waals surface area contributed by atoms with E-state index in [0.29, 0.717) is 0 Å². The van der Waals surface area contributed by atoms with Crippen molar-refractivity contribution in [2.45, 2.75) is 32.6 Å². The number of pyridine rings is 1. The van der Waals surface area contributed by atoms with Gasteiger partial charge in [-0.3, -0.25) is 9.78 Å². The minimum atomic E-state index is -0.814. The minimum Gasteiger partial charge on any atom is -0.481 e. The topological polar surface area (TPSA) is 50.2 Å². The Kier molecular flexibility index (Phi) is 3.07.